The number of ether oxygens (including phenoxy) is 1. The van der Waals surface area contributed by atoms with Gasteiger partial charge in [-0.2, -0.15) is 17.2 Å². The third-order valence-electron chi connectivity index (χ3n) is 8.86. The monoisotopic (exact) mass is 708 g/mol. The average Bonchev–Trinajstić information content (AvgIpc) is 3.63. The molecule has 7 rings (SSSR count). The molecule has 3 aromatic heterocycles. The molecule has 238 valence electrons. The summed E-state index contributed by atoms with van der Waals surface area (Å²) >= 11 is 0. The van der Waals surface area contributed by atoms with E-state index in [2.05, 4.69) is 117 Å². The van der Waals surface area contributed by atoms with Gasteiger partial charge in [0.25, 0.3) is 0 Å². The number of pyridine rings is 1. The summed E-state index contributed by atoms with van der Waals surface area (Å²) in [6.45, 7) is 11.0. The normalized spacial score (nSPS) is 11.3. The number of fused-ring (bicyclic) bond motifs is 3. The molecule has 0 bridgehead atoms. The molecule has 0 saturated heterocycles. The van der Waals surface area contributed by atoms with Gasteiger partial charge in [0, 0.05) is 34.5 Å². The molecule has 0 aliphatic carbocycles. The maximum atomic E-state index is 6.47. The van der Waals surface area contributed by atoms with E-state index >= 15 is 0 Å². The van der Waals surface area contributed by atoms with Crippen LogP contribution in [0.2, 0.25) is 0 Å². The zero-order valence-electron chi connectivity index (χ0n) is 27.5. The number of aryl methyl sites for hydroxylation is 4. The molecule has 0 aliphatic rings. The van der Waals surface area contributed by atoms with Crippen LogP contribution in [0.15, 0.2) is 91.1 Å². The van der Waals surface area contributed by atoms with Gasteiger partial charge in [0.15, 0.2) is 0 Å². The van der Waals surface area contributed by atoms with Gasteiger partial charge in [-0.15, -0.1) is 35.7 Å². The Morgan fingerprint density at radius 2 is 1.45 bits per heavy atom. The molecule has 0 amide bonds. The van der Waals surface area contributed by atoms with Gasteiger partial charge < -0.3 is 9.30 Å². The van der Waals surface area contributed by atoms with Crippen LogP contribution in [0.5, 0.6) is 11.5 Å². The number of hydrogen-bond donors (Lipinski definition) is 0. The van der Waals surface area contributed by atoms with Gasteiger partial charge in [-0.25, -0.2) is 4.98 Å². The summed E-state index contributed by atoms with van der Waals surface area (Å²) < 4.78 is 10.7. The Bertz CT molecular complexity index is 2190. The second kappa shape index (κ2) is 13.7. The molecular formula is C41H38N4OPd. The first-order chi connectivity index (χ1) is 22.5. The molecule has 0 atom stereocenters. The Labute approximate surface area is 290 Å². The van der Waals surface area contributed by atoms with E-state index in [1.807, 2.05) is 30.5 Å². The maximum absolute atomic E-state index is 6.47. The molecule has 3 heterocycles. The average molecular weight is 709 g/mol. The van der Waals surface area contributed by atoms with Gasteiger partial charge in [-0.05, 0) is 84.1 Å². The van der Waals surface area contributed by atoms with E-state index in [1.54, 1.807) is 0 Å². The SMILES string of the molecule is CCc1cccc(CC)c1-c1c(CC)nn(-c2[c-]c(Oc3[c-]c4c(cc3)c3ccccc3n4-c3cc(C)ccn3)ccc2)c1CC.[Pd+2]. The Morgan fingerprint density at radius 1 is 0.702 bits per heavy atom. The fourth-order valence-electron chi connectivity index (χ4n) is 6.68. The zero-order valence-corrected chi connectivity index (χ0v) is 29.1. The van der Waals surface area contributed by atoms with Gasteiger partial charge >= 0.3 is 20.4 Å². The summed E-state index contributed by atoms with van der Waals surface area (Å²) in [6.07, 6.45) is 5.52. The van der Waals surface area contributed by atoms with Crippen molar-refractivity contribution in [3.63, 3.8) is 0 Å². The molecule has 0 aliphatic heterocycles. The fourth-order valence-corrected chi connectivity index (χ4v) is 6.68. The molecule has 5 nitrogen and oxygen atoms in total. The molecule has 6 heteroatoms. The third-order valence-corrected chi connectivity index (χ3v) is 8.86. The number of hydrogen-bond acceptors (Lipinski definition) is 3. The van der Waals surface area contributed by atoms with Crippen molar-refractivity contribution in [3.05, 3.63) is 131 Å². The van der Waals surface area contributed by atoms with Crippen molar-refractivity contribution in [2.45, 2.75) is 60.3 Å². The molecule has 47 heavy (non-hydrogen) atoms. The Hall–Kier alpha value is -4.50. The maximum Gasteiger partial charge on any atom is 2.00 e. The number of rotatable bonds is 9. The summed E-state index contributed by atoms with van der Waals surface area (Å²) in [7, 11) is 0. The van der Waals surface area contributed by atoms with E-state index in [1.165, 1.54) is 27.9 Å². The minimum atomic E-state index is 0. The summed E-state index contributed by atoms with van der Waals surface area (Å²) in [4.78, 5) is 4.70. The predicted molar refractivity (Wildman–Crippen MR) is 188 cm³/mol. The van der Waals surface area contributed by atoms with Crippen LogP contribution in [0.1, 0.15) is 55.8 Å². The van der Waals surface area contributed by atoms with Crippen LogP contribution in [0, 0.1) is 19.1 Å². The van der Waals surface area contributed by atoms with Crippen molar-refractivity contribution in [2.75, 3.05) is 0 Å². The van der Waals surface area contributed by atoms with Gasteiger partial charge in [-0.1, -0.05) is 69.6 Å². The fraction of sp³-hybridized carbons (Fsp3) is 0.220. The van der Waals surface area contributed by atoms with E-state index in [0.29, 0.717) is 11.5 Å². The van der Waals surface area contributed by atoms with E-state index in [4.69, 9.17) is 14.8 Å². The van der Waals surface area contributed by atoms with Gasteiger partial charge in [-0.3, -0.25) is 4.68 Å². The van der Waals surface area contributed by atoms with Crippen molar-refractivity contribution in [1.82, 2.24) is 19.3 Å². The van der Waals surface area contributed by atoms with E-state index in [9.17, 15) is 0 Å². The van der Waals surface area contributed by atoms with Gasteiger partial charge in [0.2, 0.25) is 0 Å². The van der Waals surface area contributed by atoms with Gasteiger partial charge in [0.05, 0.1) is 5.69 Å². The van der Waals surface area contributed by atoms with Crippen molar-refractivity contribution in [1.29, 1.82) is 0 Å². The summed E-state index contributed by atoms with van der Waals surface area (Å²) in [5.41, 5.74) is 11.7. The number of benzene rings is 4. The predicted octanol–water partition coefficient (Wildman–Crippen LogP) is 9.98. The third kappa shape index (κ3) is 5.82. The first kappa shape index (κ1) is 32.4. The van der Waals surface area contributed by atoms with Crippen LogP contribution >= 0.6 is 0 Å². The second-order valence-electron chi connectivity index (χ2n) is 11.7. The molecule has 0 N–H and O–H groups in total. The van der Waals surface area contributed by atoms with Crippen LogP contribution < -0.4 is 4.74 Å². The quantitative estimate of drug-likeness (QED) is 0.111. The molecule has 0 spiro atoms. The zero-order chi connectivity index (χ0) is 31.8. The summed E-state index contributed by atoms with van der Waals surface area (Å²) in [5, 5.41) is 7.43. The number of nitrogens with zero attached hydrogens (tertiary/aromatic N) is 4. The van der Waals surface area contributed by atoms with Crippen molar-refractivity contribution in [2.24, 2.45) is 0 Å². The largest absolute Gasteiger partial charge is 2.00 e. The Kier molecular flexibility index (Phi) is 9.45. The molecule has 0 fully saturated rings. The van der Waals surface area contributed by atoms with E-state index < -0.39 is 0 Å². The first-order valence-corrected chi connectivity index (χ1v) is 16.3. The first-order valence-electron chi connectivity index (χ1n) is 16.3. The molecular weight excluding hydrogens is 671 g/mol. The minimum Gasteiger partial charge on any atom is -0.509 e. The number of para-hydroxylation sites is 1. The standard InChI is InChI=1S/C41H38N4O.Pd/c1-6-28-14-12-15-29(7-2)40(28)41-35(8-3)43-45(36(41)9-4)30-16-13-17-31(25-30)46-32-20-21-34-33-18-10-11-19-37(33)44(38(34)26-32)39-24-27(5)22-23-42-39;/h10-24H,6-9H2,1-5H3;/q-2;+2. The minimum absolute atomic E-state index is 0. The van der Waals surface area contributed by atoms with Crippen molar-refractivity contribution < 1.29 is 25.2 Å². The molecule has 4 aromatic carbocycles. The van der Waals surface area contributed by atoms with Gasteiger partial charge in [0.1, 0.15) is 5.82 Å². The summed E-state index contributed by atoms with van der Waals surface area (Å²) in [6, 6.07) is 36.4. The van der Waals surface area contributed by atoms with Crippen LogP contribution in [-0.4, -0.2) is 19.3 Å². The van der Waals surface area contributed by atoms with E-state index in [0.717, 1.165) is 70.3 Å². The smallest absolute Gasteiger partial charge is 0.509 e. The molecule has 0 saturated carbocycles. The van der Waals surface area contributed by atoms with Crippen molar-refractivity contribution >= 4 is 21.8 Å². The Morgan fingerprint density at radius 3 is 2.17 bits per heavy atom. The Balaban J connectivity index is 0.00000386. The summed E-state index contributed by atoms with van der Waals surface area (Å²) in [5.74, 6) is 2.09. The van der Waals surface area contributed by atoms with Crippen LogP contribution in [0.3, 0.4) is 0 Å². The topological polar surface area (TPSA) is 44.9 Å². The van der Waals surface area contributed by atoms with Crippen molar-refractivity contribution in [3.8, 4) is 34.1 Å². The molecule has 0 radical (unpaired) electrons. The van der Waals surface area contributed by atoms with E-state index in [-0.39, 0.29) is 20.4 Å². The van der Waals surface area contributed by atoms with Crippen LogP contribution in [0.4, 0.5) is 0 Å². The number of aromatic nitrogens is 4. The van der Waals surface area contributed by atoms with Crippen LogP contribution in [0.25, 0.3) is 44.4 Å². The van der Waals surface area contributed by atoms with Crippen LogP contribution in [-0.2, 0) is 46.1 Å². The second-order valence-corrected chi connectivity index (χ2v) is 11.7. The molecule has 0 unspecified atom stereocenters. The molecule has 7 aromatic rings.